The number of halogens is 2. The number of sulfone groups is 1. The van der Waals surface area contributed by atoms with Crippen LogP contribution in [-0.2, 0) is 22.7 Å². The van der Waals surface area contributed by atoms with Gasteiger partial charge in [-0.2, -0.15) is 0 Å². The lowest BCUT2D eigenvalue weighted by Gasteiger charge is -2.07. The highest BCUT2D eigenvalue weighted by Crippen LogP contribution is 2.21. The van der Waals surface area contributed by atoms with Gasteiger partial charge < -0.3 is 11.5 Å². The van der Waals surface area contributed by atoms with Gasteiger partial charge in [-0.05, 0) is 48.2 Å². The molecule has 0 spiro atoms. The van der Waals surface area contributed by atoms with Gasteiger partial charge in [-0.25, -0.2) is 8.42 Å². The van der Waals surface area contributed by atoms with Crippen LogP contribution >= 0.6 is 23.2 Å². The summed E-state index contributed by atoms with van der Waals surface area (Å²) in [6.07, 6.45) is 0.815. The Morgan fingerprint density at radius 2 is 1.17 bits per heavy atom. The van der Waals surface area contributed by atoms with E-state index in [-0.39, 0.29) is 11.5 Å². The Labute approximate surface area is 146 Å². The maximum atomic E-state index is 12.2. The predicted octanol–water partition coefficient (Wildman–Crippen LogP) is 3.36. The van der Waals surface area contributed by atoms with Crippen LogP contribution in [0.25, 0.3) is 0 Å². The minimum Gasteiger partial charge on any atom is -0.398 e. The van der Waals surface area contributed by atoms with E-state index in [0.717, 1.165) is 11.1 Å². The molecule has 7 heteroatoms. The fourth-order valence-electron chi connectivity index (χ4n) is 2.10. The van der Waals surface area contributed by atoms with Gasteiger partial charge in [0.2, 0.25) is 0 Å². The van der Waals surface area contributed by atoms with Crippen LogP contribution in [0.3, 0.4) is 0 Å². The van der Waals surface area contributed by atoms with E-state index >= 15 is 0 Å². The van der Waals surface area contributed by atoms with Crippen molar-refractivity contribution in [1.29, 1.82) is 0 Å². The van der Waals surface area contributed by atoms with Crippen LogP contribution in [0.4, 0.5) is 11.4 Å². The molecule has 0 saturated heterocycles. The average Bonchev–Trinajstić information content (AvgIpc) is 2.50. The Kier molecular flexibility index (Phi) is 5.79. The lowest BCUT2D eigenvalue weighted by Crippen LogP contribution is -2.15. The summed E-state index contributed by atoms with van der Waals surface area (Å²) in [5.74, 6) is 0.131. The number of aryl methyl sites for hydroxylation is 2. The molecule has 0 atom stereocenters. The molecule has 4 nitrogen and oxygen atoms in total. The zero-order valence-corrected chi connectivity index (χ0v) is 14.8. The first-order valence-corrected chi connectivity index (χ1v) is 9.63. The highest BCUT2D eigenvalue weighted by molar-refractivity contribution is 7.91. The molecule has 0 amide bonds. The van der Waals surface area contributed by atoms with Crippen molar-refractivity contribution in [3.8, 4) is 0 Å². The number of benzene rings is 2. The number of hydrogen-bond acceptors (Lipinski definition) is 4. The number of nitrogens with two attached hydrogens (primary N) is 2. The summed E-state index contributed by atoms with van der Waals surface area (Å²) in [6, 6.07) is 10.3. The van der Waals surface area contributed by atoms with Crippen LogP contribution in [0.15, 0.2) is 36.4 Å². The van der Waals surface area contributed by atoms with Crippen molar-refractivity contribution in [3.63, 3.8) is 0 Å². The number of nitrogen functional groups attached to an aromatic ring is 2. The van der Waals surface area contributed by atoms with Crippen molar-refractivity contribution in [2.24, 2.45) is 0 Å². The normalized spacial score (nSPS) is 11.6. The topological polar surface area (TPSA) is 86.2 Å². The Bertz CT molecular complexity index is 746. The molecule has 0 aliphatic rings. The third-order valence-electron chi connectivity index (χ3n) is 3.53. The summed E-state index contributed by atoms with van der Waals surface area (Å²) in [5, 5.41) is 0.882. The molecule has 0 unspecified atom stereocenters. The van der Waals surface area contributed by atoms with E-state index in [9.17, 15) is 8.42 Å². The van der Waals surface area contributed by atoms with Crippen LogP contribution in [0.5, 0.6) is 0 Å². The molecule has 124 valence electrons. The van der Waals surface area contributed by atoms with Crippen LogP contribution in [0, 0.1) is 0 Å². The molecule has 0 bridgehead atoms. The second-order valence-electron chi connectivity index (χ2n) is 5.36. The molecule has 0 radical (unpaired) electrons. The van der Waals surface area contributed by atoms with Crippen molar-refractivity contribution in [2.45, 2.75) is 12.8 Å². The smallest absolute Gasteiger partial charge is 0.150 e. The molecule has 0 saturated carbocycles. The number of rotatable bonds is 6. The minimum absolute atomic E-state index is 0.0654. The molecular weight excluding hydrogens is 355 g/mol. The van der Waals surface area contributed by atoms with E-state index in [0.29, 0.717) is 34.3 Å². The second kappa shape index (κ2) is 7.43. The Morgan fingerprint density at radius 3 is 1.52 bits per heavy atom. The molecule has 0 aromatic heterocycles. The van der Waals surface area contributed by atoms with Gasteiger partial charge in [0.25, 0.3) is 0 Å². The lowest BCUT2D eigenvalue weighted by molar-refractivity contribution is 0.594. The molecule has 0 aliphatic heterocycles. The fourth-order valence-corrected chi connectivity index (χ4v) is 3.80. The molecule has 2 aromatic carbocycles. The summed E-state index contributed by atoms with van der Waals surface area (Å²) >= 11 is 11.9. The average molecular weight is 373 g/mol. The van der Waals surface area contributed by atoms with Gasteiger partial charge in [-0.1, -0.05) is 35.3 Å². The van der Waals surface area contributed by atoms with Gasteiger partial charge in [-0.15, -0.1) is 0 Å². The van der Waals surface area contributed by atoms with Gasteiger partial charge in [0.15, 0.2) is 9.84 Å². The first-order chi connectivity index (χ1) is 10.8. The Morgan fingerprint density at radius 1 is 0.783 bits per heavy atom. The molecule has 0 fully saturated rings. The highest BCUT2D eigenvalue weighted by atomic mass is 35.5. The lowest BCUT2D eigenvalue weighted by atomic mass is 10.1. The van der Waals surface area contributed by atoms with E-state index in [1.54, 1.807) is 36.4 Å². The summed E-state index contributed by atoms with van der Waals surface area (Å²) in [5.41, 5.74) is 13.9. The van der Waals surface area contributed by atoms with Crippen LogP contribution < -0.4 is 11.5 Å². The van der Waals surface area contributed by atoms with Crippen molar-refractivity contribution < 1.29 is 8.42 Å². The highest BCUT2D eigenvalue weighted by Gasteiger charge is 2.12. The van der Waals surface area contributed by atoms with E-state index in [1.165, 1.54) is 0 Å². The maximum Gasteiger partial charge on any atom is 0.150 e. The van der Waals surface area contributed by atoms with Crippen LogP contribution in [-0.4, -0.2) is 19.9 Å². The quantitative estimate of drug-likeness (QED) is 0.761. The molecule has 4 N–H and O–H groups in total. The molecule has 23 heavy (non-hydrogen) atoms. The van der Waals surface area contributed by atoms with E-state index in [4.69, 9.17) is 34.7 Å². The molecule has 2 rings (SSSR count). The molecule has 0 aliphatic carbocycles. The van der Waals surface area contributed by atoms with Gasteiger partial charge in [0.1, 0.15) is 0 Å². The first-order valence-electron chi connectivity index (χ1n) is 7.05. The van der Waals surface area contributed by atoms with E-state index < -0.39 is 9.84 Å². The predicted molar refractivity (Wildman–Crippen MR) is 97.8 cm³/mol. The van der Waals surface area contributed by atoms with Crippen molar-refractivity contribution in [3.05, 3.63) is 57.6 Å². The van der Waals surface area contributed by atoms with Crippen molar-refractivity contribution in [2.75, 3.05) is 23.0 Å². The number of hydrogen-bond donors (Lipinski definition) is 2. The van der Waals surface area contributed by atoms with Gasteiger partial charge in [0, 0.05) is 0 Å². The maximum absolute atomic E-state index is 12.2. The minimum atomic E-state index is -3.17. The Hall–Kier alpha value is -1.43. The van der Waals surface area contributed by atoms with Gasteiger partial charge >= 0.3 is 0 Å². The van der Waals surface area contributed by atoms with Crippen molar-refractivity contribution in [1.82, 2.24) is 0 Å². The standard InChI is InChI=1S/C16H18Cl2N2O2S/c17-13-9-11(1-3-15(13)19)5-7-23(21,22)8-6-12-2-4-16(20)14(18)10-12/h1-4,9-10H,5-8,19-20H2. The summed E-state index contributed by atoms with van der Waals surface area (Å²) in [7, 11) is -3.17. The van der Waals surface area contributed by atoms with Crippen LogP contribution in [0.1, 0.15) is 11.1 Å². The Balaban J connectivity index is 1.93. The van der Waals surface area contributed by atoms with Crippen LogP contribution in [0.2, 0.25) is 10.0 Å². The van der Waals surface area contributed by atoms with Gasteiger partial charge in [0.05, 0.1) is 32.9 Å². The first kappa shape index (κ1) is 17.9. The zero-order valence-electron chi connectivity index (χ0n) is 12.4. The van der Waals surface area contributed by atoms with E-state index in [1.807, 2.05) is 0 Å². The zero-order chi connectivity index (χ0) is 17.0. The third-order valence-corrected chi connectivity index (χ3v) is 5.84. The number of anilines is 2. The van der Waals surface area contributed by atoms with Gasteiger partial charge in [-0.3, -0.25) is 0 Å². The summed E-state index contributed by atoms with van der Waals surface area (Å²) in [6.45, 7) is 0. The fraction of sp³-hybridized carbons (Fsp3) is 0.250. The largest absolute Gasteiger partial charge is 0.398 e. The summed E-state index contributed by atoms with van der Waals surface area (Å²) in [4.78, 5) is 0. The molecule has 0 heterocycles. The summed E-state index contributed by atoms with van der Waals surface area (Å²) < 4.78 is 24.3. The second-order valence-corrected chi connectivity index (χ2v) is 8.48. The van der Waals surface area contributed by atoms with E-state index in [2.05, 4.69) is 0 Å². The monoisotopic (exact) mass is 372 g/mol. The SMILES string of the molecule is Nc1ccc(CCS(=O)(=O)CCc2ccc(N)c(Cl)c2)cc1Cl. The molecule has 2 aromatic rings. The molecular formula is C16H18Cl2N2O2S. The van der Waals surface area contributed by atoms with Crippen molar-refractivity contribution >= 4 is 44.4 Å². The third kappa shape index (κ3) is 5.30.